The van der Waals surface area contributed by atoms with E-state index in [9.17, 15) is 4.79 Å². The molecular formula is C11H21N3O. The average molecular weight is 211 g/mol. The largest absolute Gasteiger partial charge is 0.359 e. The number of piperidine rings is 1. The summed E-state index contributed by atoms with van der Waals surface area (Å²) in [5.74, 6) is 0.974. The minimum absolute atomic E-state index is 0.105. The molecule has 0 aromatic heterocycles. The molecule has 0 aromatic rings. The summed E-state index contributed by atoms with van der Waals surface area (Å²) in [7, 11) is 1.69. The third-order valence-corrected chi connectivity index (χ3v) is 3.89. The van der Waals surface area contributed by atoms with Crippen LogP contribution in [0.2, 0.25) is 0 Å². The van der Waals surface area contributed by atoms with E-state index in [1.54, 1.807) is 7.05 Å². The average Bonchev–Trinajstić information content (AvgIpc) is 2.86. The molecule has 2 rings (SSSR count). The van der Waals surface area contributed by atoms with Crippen molar-refractivity contribution in [1.29, 1.82) is 0 Å². The van der Waals surface area contributed by atoms with Crippen LogP contribution in [0, 0.1) is 5.92 Å². The van der Waals surface area contributed by atoms with Gasteiger partial charge in [0.15, 0.2) is 0 Å². The van der Waals surface area contributed by atoms with Crippen LogP contribution >= 0.6 is 0 Å². The fraction of sp³-hybridized carbons (Fsp3) is 0.909. The topological polar surface area (TPSA) is 58.4 Å². The van der Waals surface area contributed by atoms with Crippen LogP contribution in [-0.2, 0) is 4.79 Å². The molecule has 2 fully saturated rings. The van der Waals surface area contributed by atoms with Gasteiger partial charge in [-0.3, -0.25) is 9.69 Å². The van der Waals surface area contributed by atoms with E-state index in [0.717, 1.165) is 12.5 Å². The molecule has 0 spiro atoms. The molecule has 2 bridgehead atoms. The van der Waals surface area contributed by atoms with E-state index in [1.165, 1.54) is 19.3 Å². The van der Waals surface area contributed by atoms with Crippen molar-refractivity contribution < 1.29 is 4.79 Å². The first-order chi connectivity index (χ1) is 7.24. The van der Waals surface area contributed by atoms with Gasteiger partial charge < -0.3 is 11.1 Å². The molecule has 1 aliphatic heterocycles. The van der Waals surface area contributed by atoms with Gasteiger partial charge in [-0.1, -0.05) is 0 Å². The molecule has 2 aliphatic rings. The zero-order valence-electron chi connectivity index (χ0n) is 9.41. The third kappa shape index (κ3) is 2.16. The Labute approximate surface area is 91.2 Å². The first-order valence-corrected chi connectivity index (χ1v) is 5.91. The molecule has 3 N–H and O–H groups in total. The van der Waals surface area contributed by atoms with Crippen LogP contribution in [0.3, 0.4) is 0 Å². The highest BCUT2D eigenvalue weighted by atomic mass is 16.1. The fourth-order valence-electron chi connectivity index (χ4n) is 3.06. The maximum absolute atomic E-state index is 11.4. The van der Waals surface area contributed by atoms with E-state index >= 15 is 0 Å². The van der Waals surface area contributed by atoms with E-state index in [-0.39, 0.29) is 11.9 Å². The van der Waals surface area contributed by atoms with E-state index in [4.69, 9.17) is 5.73 Å². The zero-order chi connectivity index (χ0) is 10.8. The quantitative estimate of drug-likeness (QED) is 0.684. The minimum atomic E-state index is 0.105. The Hall–Kier alpha value is -0.610. The van der Waals surface area contributed by atoms with Gasteiger partial charge in [0.1, 0.15) is 0 Å². The lowest BCUT2D eigenvalue weighted by Crippen LogP contribution is -2.47. The molecule has 1 saturated carbocycles. The van der Waals surface area contributed by atoms with Crippen molar-refractivity contribution in [3.63, 3.8) is 0 Å². The number of hydrogen-bond donors (Lipinski definition) is 2. The van der Waals surface area contributed by atoms with Gasteiger partial charge in [0.2, 0.25) is 5.91 Å². The third-order valence-electron chi connectivity index (χ3n) is 3.89. The summed E-state index contributed by atoms with van der Waals surface area (Å²) < 4.78 is 0. The van der Waals surface area contributed by atoms with Crippen LogP contribution < -0.4 is 11.1 Å². The molecule has 4 heteroatoms. The number of likely N-dealkylation sites (tertiary alicyclic amines) is 1. The number of nitrogens with zero attached hydrogens (tertiary/aromatic N) is 1. The molecule has 0 radical (unpaired) electrons. The van der Waals surface area contributed by atoms with Crippen molar-refractivity contribution in [2.24, 2.45) is 11.7 Å². The van der Waals surface area contributed by atoms with Crippen molar-refractivity contribution in [3.05, 3.63) is 0 Å². The highest BCUT2D eigenvalue weighted by Crippen LogP contribution is 2.38. The Morgan fingerprint density at radius 3 is 2.87 bits per heavy atom. The number of amides is 1. The van der Waals surface area contributed by atoms with Crippen molar-refractivity contribution >= 4 is 5.91 Å². The minimum Gasteiger partial charge on any atom is -0.359 e. The fourth-order valence-corrected chi connectivity index (χ4v) is 3.06. The van der Waals surface area contributed by atoms with Gasteiger partial charge in [0, 0.05) is 38.6 Å². The second-order valence-corrected chi connectivity index (χ2v) is 4.80. The summed E-state index contributed by atoms with van der Waals surface area (Å²) in [5.41, 5.74) is 5.77. The van der Waals surface area contributed by atoms with Crippen molar-refractivity contribution in [2.45, 2.75) is 37.8 Å². The molecule has 0 aromatic carbocycles. The summed E-state index contributed by atoms with van der Waals surface area (Å²) in [4.78, 5) is 13.8. The SMILES string of the molecule is CNC(=O)CC(CN)N1CC2CCC1C2. The van der Waals surface area contributed by atoms with Crippen molar-refractivity contribution in [3.8, 4) is 0 Å². The molecule has 1 heterocycles. The smallest absolute Gasteiger partial charge is 0.221 e. The van der Waals surface area contributed by atoms with Crippen LogP contribution in [0.1, 0.15) is 25.7 Å². The highest BCUT2D eigenvalue weighted by Gasteiger charge is 2.40. The number of carbonyl (C=O) groups excluding carboxylic acids is 1. The Kier molecular flexibility index (Phi) is 3.26. The molecule has 1 saturated heterocycles. The van der Waals surface area contributed by atoms with Gasteiger partial charge in [-0.2, -0.15) is 0 Å². The monoisotopic (exact) mass is 211 g/mol. The molecule has 86 valence electrons. The molecule has 15 heavy (non-hydrogen) atoms. The van der Waals surface area contributed by atoms with E-state index in [1.807, 2.05) is 0 Å². The van der Waals surface area contributed by atoms with E-state index < -0.39 is 0 Å². The van der Waals surface area contributed by atoms with Gasteiger partial charge in [-0.15, -0.1) is 0 Å². The summed E-state index contributed by atoms with van der Waals surface area (Å²) in [6.45, 7) is 1.75. The van der Waals surface area contributed by atoms with Crippen molar-refractivity contribution in [2.75, 3.05) is 20.1 Å². The standard InChI is InChI=1S/C11H21N3O/c1-13-11(15)5-10(6-12)14-7-8-2-3-9(14)4-8/h8-10H,2-7,12H2,1H3,(H,13,15). The van der Waals surface area contributed by atoms with Crippen molar-refractivity contribution in [1.82, 2.24) is 10.2 Å². The Morgan fingerprint density at radius 2 is 2.40 bits per heavy atom. The van der Waals surface area contributed by atoms with Gasteiger partial charge in [-0.25, -0.2) is 0 Å². The molecule has 3 atom stereocenters. The second-order valence-electron chi connectivity index (χ2n) is 4.80. The van der Waals surface area contributed by atoms with E-state index in [0.29, 0.717) is 19.0 Å². The van der Waals surface area contributed by atoms with Gasteiger partial charge in [0.05, 0.1) is 0 Å². The predicted octanol–water partition coefficient (Wildman–Crippen LogP) is -0.0659. The lowest BCUT2D eigenvalue weighted by Gasteiger charge is -2.33. The number of nitrogens with two attached hydrogens (primary N) is 1. The van der Waals surface area contributed by atoms with Crippen LogP contribution in [0.25, 0.3) is 0 Å². The lowest BCUT2D eigenvalue weighted by atomic mass is 10.1. The van der Waals surface area contributed by atoms with Gasteiger partial charge >= 0.3 is 0 Å². The normalized spacial score (nSPS) is 31.9. The lowest BCUT2D eigenvalue weighted by molar-refractivity contribution is -0.121. The van der Waals surface area contributed by atoms with Crippen LogP contribution in [0.4, 0.5) is 0 Å². The number of carbonyl (C=O) groups is 1. The maximum atomic E-state index is 11.4. The molecule has 3 unspecified atom stereocenters. The first kappa shape index (κ1) is 10.9. The molecule has 1 aliphatic carbocycles. The molecule has 1 amide bonds. The van der Waals surface area contributed by atoms with Crippen LogP contribution in [0.15, 0.2) is 0 Å². The Balaban J connectivity index is 1.92. The summed E-state index contributed by atoms with van der Waals surface area (Å²) in [6, 6.07) is 0.952. The Morgan fingerprint density at radius 1 is 1.60 bits per heavy atom. The number of fused-ring (bicyclic) bond motifs is 2. The second kappa shape index (κ2) is 4.49. The first-order valence-electron chi connectivity index (χ1n) is 5.91. The maximum Gasteiger partial charge on any atom is 0.221 e. The van der Waals surface area contributed by atoms with Gasteiger partial charge in [0.25, 0.3) is 0 Å². The molecular weight excluding hydrogens is 190 g/mol. The summed E-state index contributed by atoms with van der Waals surface area (Å²) in [5, 5.41) is 2.68. The van der Waals surface area contributed by atoms with Crippen LogP contribution in [-0.4, -0.2) is 43.0 Å². The van der Waals surface area contributed by atoms with Gasteiger partial charge in [-0.05, 0) is 25.2 Å². The zero-order valence-corrected chi connectivity index (χ0v) is 9.41. The Bertz CT molecular complexity index is 244. The van der Waals surface area contributed by atoms with Crippen LogP contribution in [0.5, 0.6) is 0 Å². The highest BCUT2D eigenvalue weighted by molar-refractivity contribution is 5.76. The molecule has 4 nitrogen and oxygen atoms in total. The number of hydrogen-bond acceptors (Lipinski definition) is 3. The number of nitrogens with one attached hydrogen (secondary N) is 1. The van der Waals surface area contributed by atoms with E-state index in [2.05, 4.69) is 10.2 Å². The predicted molar refractivity (Wildman–Crippen MR) is 59.4 cm³/mol. The number of rotatable bonds is 4. The summed E-state index contributed by atoms with van der Waals surface area (Å²) in [6.07, 6.45) is 4.55. The summed E-state index contributed by atoms with van der Waals surface area (Å²) >= 11 is 0.